The summed E-state index contributed by atoms with van der Waals surface area (Å²) < 4.78 is 11.4. The van der Waals surface area contributed by atoms with Gasteiger partial charge in [-0.25, -0.2) is 4.79 Å². The summed E-state index contributed by atoms with van der Waals surface area (Å²) in [7, 11) is 0. The van der Waals surface area contributed by atoms with Crippen LogP contribution in [0.3, 0.4) is 0 Å². The lowest BCUT2D eigenvalue weighted by Crippen LogP contribution is -2.63. The molecule has 4 rings (SSSR count). The van der Waals surface area contributed by atoms with Gasteiger partial charge in [0, 0.05) is 25.6 Å². The second-order valence-corrected chi connectivity index (χ2v) is 7.51. The fourth-order valence-corrected chi connectivity index (χ4v) is 4.92. The van der Waals surface area contributed by atoms with Crippen molar-refractivity contribution in [1.29, 1.82) is 0 Å². The van der Waals surface area contributed by atoms with Crippen LogP contribution in [-0.4, -0.2) is 60.1 Å². The molecule has 1 N–H and O–H groups in total. The zero-order valence-electron chi connectivity index (χ0n) is 15.2. The molecule has 1 unspecified atom stereocenters. The summed E-state index contributed by atoms with van der Waals surface area (Å²) in [6, 6.07) is 10.2. The van der Waals surface area contributed by atoms with Crippen LogP contribution in [0.4, 0.5) is 4.79 Å². The minimum atomic E-state index is -0.821. The number of likely N-dealkylation sites (tertiary alicyclic amines) is 2. The van der Waals surface area contributed by atoms with Gasteiger partial charge in [-0.3, -0.25) is 9.80 Å². The van der Waals surface area contributed by atoms with Crippen LogP contribution in [0.25, 0.3) is 0 Å². The van der Waals surface area contributed by atoms with Crippen molar-refractivity contribution in [2.75, 3.05) is 32.8 Å². The summed E-state index contributed by atoms with van der Waals surface area (Å²) in [4.78, 5) is 16.2. The smallest absolute Gasteiger partial charge is 0.409 e. The van der Waals surface area contributed by atoms with Crippen LogP contribution in [0.1, 0.15) is 37.7 Å². The van der Waals surface area contributed by atoms with Crippen LogP contribution < -0.4 is 0 Å². The van der Waals surface area contributed by atoms with E-state index in [0.29, 0.717) is 25.7 Å². The summed E-state index contributed by atoms with van der Waals surface area (Å²) in [6.45, 7) is 3.70. The van der Waals surface area contributed by atoms with Crippen molar-refractivity contribution in [3.8, 4) is 0 Å². The fourth-order valence-electron chi connectivity index (χ4n) is 4.92. The molecule has 0 saturated carbocycles. The molecule has 6 heteroatoms. The maximum Gasteiger partial charge on any atom is 0.409 e. The Labute approximate surface area is 154 Å². The number of rotatable bonds is 3. The van der Waals surface area contributed by atoms with Gasteiger partial charge >= 0.3 is 6.09 Å². The quantitative estimate of drug-likeness (QED) is 0.897. The number of carboxylic acid groups (broad SMARTS) is 1. The number of piperidine rings is 2. The molecule has 1 aromatic carbocycles. The molecule has 0 aromatic heterocycles. The Morgan fingerprint density at radius 2 is 1.73 bits per heavy atom. The summed E-state index contributed by atoms with van der Waals surface area (Å²) in [6.07, 6.45) is 3.89. The van der Waals surface area contributed by atoms with E-state index < -0.39 is 11.8 Å². The standard InChI is InChI=1S/C20H28N2O4/c23-19(24)22-11-5-4-10-20(22,17-6-2-1-3-7-17)21-12-8-16(9-13-21)18-25-14-15-26-18/h1-3,6-7,16,18H,4-5,8-15H2,(H,23,24). The van der Waals surface area contributed by atoms with Gasteiger partial charge in [0.1, 0.15) is 5.66 Å². The summed E-state index contributed by atoms with van der Waals surface area (Å²) in [5.41, 5.74) is 0.544. The average molecular weight is 360 g/mol. The van der Waals surface area contributed by atoms with E-state index in [2.05, 4.69) is 17.0 Å². The number of ether oxygens (including phenoxy) is 2. The lowest BCUT2D eigenvalue weighted by atomic mass is 9.84. The summed E-state index contributed by atoms with van der Waals surface area (Å²) in [5.74, 6) is 0.406. The normalized spacial score (nSPS) is 29.2. The summed E-state index contributed by atoms with van der Waals surface area (Å²) >= 11 is 0. The minimum absolute atomic E-state index is 0.0771. The molecular weight excluding hydrogens is 332 g/mol. The molecule has 3 saturated heterocycles. The molecule has 0 spiro atoms. The van der Waals surface area contributed by atoms with Crippen LogP contribution in [0.15, 0.2) is 30.3 Å². The Kier molecular flexibility index (Phi) is 5.16. The highest BCUT2D eigenvalue weighted by Crippen LogP contribution is 2.43. The predicted molar refractivity (Wildman–Crippen MR) is 96.7 cm³/mol. The Balaban J connectivity index is 1.60. The third-order valence-corrected chi connectivity index (χ3v) is 6.17. The first kappa shape index (κ1) is 17.8. The molecule has 26 heavy (non-hydrogen) atoms. The second-order valence-electron chi connectivity index (χ2n) is 7.51. The average Bonchev–Trinajstić information content (AvgIpc) is 3.23. The summed E-state index contributed by atoms with van der Waals surface area (Å²) in [5, 5.41) is 9.95. The van der Waals surface area contributed by atoms with E-state index >= 15 is 0 Å². The number of nitrogens with zero attached hydrogens (tertiary/aromatic N) is 2. The van der Waals surface area contributed by atoms with E-state index in [1.807, 2.05) is 18.2 Å². The monoisotopic (exact) mass is 360 g/mol. The van der Waals surface area contributed by atoms with Crippen LogP contribution in [-0.2, 0) is 15.1 Å². The van der Waals surface area contributed by atoms with E-state index in [9.17, 15) is 9.90 Å². The van der Waals surface area contributed by atoms with E-state index in [4.69, 9.17) is 9.47 Å². The predicted octanol–water partition coefficient (Wildman–Crippen LogP) is 3.09. The third-order valence-electron chi connectivity index (χ3n) is 6.17. The van der Waals surface area contributed by atoms with E-state index in [-0.39, 0.29) is 6.29 Å². The number of amides is 1. The van der Waals surface area contributed by atoms with Gasteiger partial charge in [-0.2, -0.15) is 0 Å². The zero-order valence-corrected chi connectivity index (χ0v) is 15.2. The maximum atomic E-state index is 12.1. The minimum Gasteiger partial charge on any atom is -0.465 e. The van der Waals surface area contributed by atoms with Gasteiger partial charge in [0.05, 0.1) is 13.2 Å². The Bertz CT molecular complexity index is 611. The van der Waals surface area contributed by atoms with E-state index in [0.717, 1.165) is 50.8 Å². The zero-order chi connectivity index (χ0) is 18.0. The van der Waals surface area contributed by atoms with Gasteiger partial charge in [0.2, 0.25) is 0 Å². The van der Waals surface area contributed by atoms with Crippen molar-refractivity contribution >= 4 is 6.09 Å². The van der Waals surface area contributed by atoms with Crippen LogP contribution >= 0.6 is 0 Å². The highest BCUT2D eigenvalue weighted by Gasteiger charge is 2.49. The molecule has 3 fully saturated rings. The molecule has 3 aliphatic heterocycles. The van der Waals surface area contributed by atoms with E-state index in [1.165, 1.54) is 0 Å². The lowest BCUT2D eigenvalue weighted by molar-refractivity contribution is -0.128. The molecule has 0 bridgehead atoms. The van der Waals surface area contributed by atoms with Gasteiger partial charge in [-0.1, -0.05) is 30.3 Å². The molecule has 1 aromatic rings. The Morgan fingerprint density at radius 3 is 2.38 bits per heavy atom. The second kappa shape index (κ2) is 7.55. The molecule has 3 heterocycles. The van der Waals surface area contributed by atoms with Crippen molar-refractivity contribution in [1.82, 2.24) is 9.80 Å². The van der Waals surface area contributed by atoms with Crippen LogP contribution in [0.5, 0.6) is 0 Å². The van der Waals surface area contributed by atoms with Crippen molar-refractivity contribution in [3.63, 3.8) is 0 Å². The number of hydrogen-bond acceptors (Lipinski definition) is 4. The maximum absolute atomic E-state index is 12.1. The van der Waals surface area contributed by atoms with Gasteiger partial charge in [0.15, 0.2) is 6.29 Å². The SMILES string of the molecule is O=C(O)N1CCCCC1(c1ccccc1)N1CCC(C2OCCO2)CC1. The lowest BCUT2D eigenvalue weighted by Gasteiger charge is -2.54. The van der Waals surface area contributed by atoms with Crippen molar-refractivity contribution in [2.45, 2.75) is 44.1 Å². The van der Waals surface area contributed by atoms with Gasteiger partial charge in [0.25, 0.3) is 0 Å². The molecule has 3 aliphatic rings. The molecule has 6 nitrogen and oxygen atoms in total. The first-order valence-electron chi connectivity index (χ1n) is 9.76. The third kappa shape index (κ3) is 3.10. The highest BCUT2D eigenvalue weighted by atomic mass is 16.7. The van der Waals surface area contributed by atoms with E-state index in [1.54, 1.807) is 4.90 Å². The topological polar surface area (TPSA) is 62.2 Å². The van der Waals surface area contributed by atoms with Crippen LogP contribution in [0.2, 0.25) is 0 Å². The molecule has 0 radical (unpaired) electrons. The highest BCUT2D eigenvalue weighted by molar-refractivity contribution is 5.67. The first-order chi connectivity index (χ1) is 12.7. The Hall–Kier alpha value is -1.63. The largest absolute Gasteiger partial charge is 0.465 e. The van der Waals surface area contributed by atoms with Crippen LogP contribution in [0, 0.1) is 5.92 Å². The van der Waals surface area contributed by atoms with Gasteiger partial charge in [-0.05, 0) is 37.7 Å². The van der Waals surface area contributed by atoms with Crippen molar-refractivity contribution in [3.05, 3.63) is 35.9 Å². The molecular formula is C20H28N2O4. The molecule has 0 aliphatic carbocycles. The van der Waals surface area contributed by atoms with Crippen molar-refractivity contribution in [2.24, 2.45) is 5.92 Å². The van der Waals surface area contributed by atoms with Gasteiger partial charge in [-0.15, -0.1) is 0 Å². The molecule has 1 amide bonds. The fraction of sp³-hybridized carbons (Fsp3) is 0.650. The number of hydrogen-bond donors (Lipinski definition) is 1. The number of benzene rings is 1. The first-order valence-corrected chi connectivity index (χ1v) is 9.76. The Morgan fingerprint density at radius 1 is 1.04 bits per heavy atom. The van der Waals surface area contributed by atoms with Gasteiger partial charge < -0.3 is 14.6 Å². The molecule has 142 valence electrons. The number of carbonyl (C=O) groups is 1. The van der Waals surface area contributed by atoms with Crippen molar-refractivity contribution < 1.29 is 19.4 Å². The molecule has 1 atom stereocenters.